The lowest BCUT2D eigenvalue weighted by atomic mass is 10.1. The standard InChI is InChI=1S/C26H32N4O5S/c1-5-19-11-9-10-12-23(19)27-18-22-24(17-25(31)35-8-4)28-30(26(22)32)20-13-15-21(16-14-20)36(33,34)29(6-2)7-3/h9-16,18,27H,5-8,17H2,1-4H3. The average Bonchev–Trinajstić information content (AvgIpc) is 3.18. The number of nitrogens with zero attached hydrogens (tertiary/aromatic N) is 3. The number of aryl methyl sites for hydroxylation is 1. The lowest BCUT2D eigenvalue weighted by Crippen LogP contribution is -2.30. The van der Waals surface area contributed by atoms with Gasteiger partial charge in [-0.1, -0.05) is 39.0 Å². The topological polar surface area (TPSA) is 108 Å². The summed E-state index contributed by atoms with van der Waals surface area (Å²) in [5, 5.41) is 8.73. The maximum absolute atomic E-state index is 13.3. The van der Waals surface area contributed by atoms with Crippen molar-refractivity contribution < 1.29 is 22.7 Å². The fraction of sp³-hybridized carbons (Fsp3) is 0.346. The van der Waals surface area contributed by atoms with Crippen molar-refractivity contribution in [1.29, 1.82) is 0 Å². The first-order valence-corrected chi connectivity index (χ1v) is 13.4. The third-order valence-electron chi connectivity index (χ3n) is 5.77. The Hall–Kier alpha value is -3.50. The molecule has 2 aromatic rings. The van der Waals surface area contributed by atoms with Gasteiger partial charge in [-0.25, -0.2) is 8.42 Å². The summed E-state index contributed by atoms with van der Waals surface area (Å²) in [6.45, 7) is 8.22. The normalized spacial score (nSPS) is 14.9. The van der Waals surface area contributed by atoms with E-state index in [1.807, 2.05) is 31.2 Å². The summed E-state index contributed by atoms with van der Waals surface area (Å²) in [4.78, 5) is 25.7. The van der Waals surface area contributed by atoms with Gasteiger partial charge in [0.05, 0.1) is 34.9 Å². The summed E-state index contributed by atoms with van der Waals surface area (Å²) in [5.74, 6) is -0.929. The van der Waals surface area contributed by atoms with E-state index in [0.717, 1.165) is 17.7 Å². The Morgan fingerprint density at radius 2 is 1.72 bits per heavy atom. The highest BCUT2D eigenvalue weighted by atomic mass is 32.2. The van der Waals surface area contributed by atoms with Crippen LogP contribution in [0.4, 0.5) is 11.4 Å². The van der Waals surface area contributed by atoms with Crippen molar-refractivity contribution in [3.05, 3.63) is 65.9 Å². The van der Waals surface area contributed by atoms with Gasteiger partial charge in [-0.05, 0) is 49.2 Å². The lowest BCUT2D eigenvalue weighted by molar-refractivity contribution is -0.141. The Balaban J connectivity index is 1.93. The Kier molecular flexibility index (Phi) is 9.00. The molecule has 2 aromatic carbocycles. The molecule has 0 bridgehead atoms. The summed E-state index contributed by atoms with van der Waals surface area (Å²) in [6, 6.07) is 13.7. The smallest absolute Gasteiger partial charge is 0.311 e. The lowest BCUT2D eigenvalue weighted by Gasteiger charge is -2.19. The van der Waals surface area contributed by atoms with Gasteiger partial charge in [0.15, 0.2) is 0 Å². The number of para-hydroxylation sites is 1. The number of carbonyl (C=O) groups excluding carboxylic acids is 2. The summed E-state index contributed by atoms with van der Waals surface area (Å²) in [6.07, 6.45) is 2.18. The first-order valence-electron chi connectivity index (χ1n) is 12.0. The molecule has 0 saturated carbocycles. The van der Waals surface area contributed by atoms with E-state index < -0.39 is 21.9 Å². The summed E-state index contributed by atoms with van der Waals surface area (Å²) >= 11 is 0. The van der Waals surface area contributed by atoms with Crippen LogP contribution in [0.1, 0.15) is 39.7 Å². The number of hydrogen-bond acceptors (Lipinski definition) is 7. The molecule has 1 amide bonds. The number of sulfonamides is 1. The number of rotatable bonds is 11. The van der Waals surface area contributed by atoms with Crippen molar-refractivity contribution in [3.63, 3.8) is 0 Å². The van der Waals surface area contributed by atoms with E-state index in [4.69, 9.17) is 4.74 Å². The van der Waals surface area contributed by atoms with E-state index >= 15 is 0 Å². The maximum Gasteiger partial charge on any atom is 0.311 e. The molecular weight excluding hydrogens is 480 g/mol. The molecule has 36 heavy (non-hydrogen) atoms. The van der Waals surface area contributed by atoms with E-state index in [1.54, 1.807) is 27.0 Å². The SMILES string of the molecule is CCOC(=O)CC1=NN(c2ccc(S(=O)(=O)N(CC)CC)cc2)C(=O)C1=CNc1ccccc1CC. The number of nitrogens with one attached hydrogen (secondary N) is 1. The second-order valence-electron chi connectivity index (χ2n) is 7.94. The molecule has 0 radical (unpaired) electrons. The summed E-state index contributed by atoms with van der Waals surface area (Å²) in [7, 11) is -3.63. The first kappa shape index (κ1) is 27.1. The summed E-state index contributed by atoms with van der Waals surface area (Å²) < 4.78 is 32.0. The minimum atomic E-state index is -3.63. The minimum Gasteiger partial charge on any atom is -0.466 e. The van der Waals surface area contributed by atoms with Crippen LogP contribution in [0.25, 0.3) is 0 Å². The van der Waals surface area contributed by atoms with Gasteiger partial charge >= 0.3 is 5.97 Å². The molecule has 0 spiro atoms. The number of anilines is 2. The second-order valence-corrected chi connectivity index (χ2v) is 9.88. The van der Waals surface area contributed by atoms with Crippen molar-refractivity contribution in [2.24, 2.45) is 5.10 Å². The van der Waals surface area contributed by atoms with Gasteiger partial charge in [-0.15, -0.1) is 0 Å². The Morgan fingerprint density at radius 1 is 1.06 bits per heavy atom. The van der Waals surface area contributed by atoms with Crippen molar-refractivity contribution in [2.45, 2.75) is 45.4 Å². The van der Waals surface area contributed by atoms with Gasteiger partial charge in [0.25, 0.3) is 5.91 Å². The average molecular weight is 513 g/mol. The number of carbonyl (C=O) groups is 2. The van der Waals surface area contributed by atoms with Crippen molar-refractivity contribution in [3.8, 4) is 0 Å². The molecule has 10 heteroatoms. The zero-order valence-electron chi connectivity index (χ0n) is 21.0. The molecule has 0 atom stereocenters. The van der Waals surface area contributed by atoms with Crippen molar-refractivity contribution in [2.75, 3.05) is 30.0 Å². The van der Waals surface area contributed by atoms with Gasteiger partial charge in [0, 0.05) is 25.0 Å². The fourth-order valence-electron chi connectivity index (χ4n) is 3.85. The minimum absolute atomic E-state index is 0.130. The molecule has 1 N–H and O–H groups in total. The fourth-order valence-corrected chi connectivity index (χ4v) is 5.31. The van der Waals surface area contributed by atoms with Gasteiger partial charge in [0.1, 0.15) is 0 Å². The Morgan fingerprint density at radius 3 is 2.33 bits per heavy atom. The number of benzene rings is 2. The summed E-state index contributed by atoms with van der Waals surface area (Å²) in [5.41, 5.74) is 2.80. The third-order valence-corrected chi connectivity index (χ3v) is 7.83. The third kappa shape index (κ3) is 5.83. The van der Waals surface area contributed by atoms with Crippen LogP contribution in [-0.2, 0) is 30.8 Å². The van der Waals surface area contributed by atoms with Gasteiger partial charge < -0.3 is 10.1 Å². The number of ether oxygens (including phenoxy) is 1. The number of hydrazone groups is 1. The maximum atomic E-state index is 13.3. The van der Waals surface area contributed by atoms with Crippen LogP contribution in [0.15, 0.2) is 70.3 Å². The zero-order valence-corrected chi connectivity index (χ0v) is 21.8. The van der Waals surface area contributed by atoms with E-state index in [0.29, 0.717) is 18.8 Å². The van der Waals surface area contributed by atoms with Crippen LogP contribution in [0.2, 0.25) is 0 Å². The van der Waals surface area contributed by atoms with Gasteiger partial charge in [0.2, 0.25) is 10.0 Å². The molecule has 3 rings (SSSR count). The van der Waals surface area contributed by atoms with Crippen LogP contribution in [-0.4, -0.2) is 50.0 Å². The Bertz CT molecular complexity index is 1270. The van der Waals surface area contributed by atoms with Gasteiger partial charge in [-0.2, -0.15) is 14.4 Å². The highest BCUT2D eigenvalue weighted by molar-refractivity contribution is 7.89. The number of esters is 1. The van der Waals surface area contributed by atoms with E-state index in [9.17, 15) is 18.0 Å². The van der Waals surface area contributed by atoms with E-state index in [2.05, 4.69) is 10.4 Å². The highest BCUT2D eigenvalue weighted by Crippen LogP contribution is 2.27. The second kappa shape index (κ2) is 12.0. The monoisotopic (exact) mass is 512 g/mol. The largest absolute Gasteiger partial charge is 0.466 e. The molecule has 1 aliphatic heterocycles. The van der Waals surface area contributed by atoms with Crippen LogP contribution < -0.4 is 10.3 Å². The quantitative estimate of drug-likeness (QED) is 0.361. The van der Waals surface area contributed by atoms with Crippen LogP contribution in [0.3, 0.4) is 0 Å². The molecule has 192 valence electrons. The van der Waals surface area contributed by atoms with Crippen LogP contribution in [0.5, 0.6) is 0 Å². The molecule has 0 unspecified atom stereocenters. The Labute approximate surface area is 212 Å². The van der Waals surface area contributed by atoms with Crippen LogP contribution >= 0.6 is 0 Å². The zero-order chi connectivity index (χ0) is 26.3. The van der Waals surface area contributed by atoms with E-state index in [1.165, 1.54) is 33.6 Å². The predicted molar refractivity (Wildman–Crippen MR) is 140 cm³/mol. The molecule has 1 heterocycles. The number of amides is 1. The molecule has 0 aromatic heterocycles. The first-order chi connectivity index (χ1) is 17.3. The number of hydrogen-bond donors (Lipinski definition) is 1. The van der Waals surface area contributed by atoms with Gasteiger partial charge in [-0.3, -0.25) is 9.59 Å². The van der Waals surface area contributed by atoms with E-state index in [-0.39, 0.29) is 29.2 Å². The predicted octanol–water partition coefficient (Wildman–Crippen LogP) is 3.93. The molecule has 1 aliphatic rings. The molecular formula is C26H32N4O5S. The molecule has 0 fully saturated rings. The molecule has 0 aliphatic carbocycles. The highest BCUT2D eigenvalue weighted by Gasteiger charge is 2.33. The van der Waals surface area contributed by atoms with Crippen molar-refractivity contribution in [1.82, 2.24) is 4.31 Å². The molecule has 9 nitrogen and oxygen atoms in total. The molecule has 0 saturated heterocycles. The van der Waals surface area contributed by atoms with Crippen molar-refractivity contribution >= 4 is 39.0 Å². The van der Waals surface area contributed by atoms with Crippen LogP contribution in [0, 0.1) is 0 Å².